The van der Waals surface area contributed by atoms with Gasteiger partial charge in [-0.15, -0.1) is 0 Å². The first-order valence-corrected chi connectivity index (χ1v) is 8.48. The Bertz CT molecular complexity index is 746. The van der Waals surface area contributed by atoms with Crippen LogP contribution in [0.3, 0.4) is 0 Å². The highest BCUT2D eigenvalue weighted by molar-refractivity contribution is 6.38. The first kappa shape index (κ1) is 15.9. The third-order valence-electron chi connectivity index (χ3n) is 4.52. The molecule has 3 heterocycles. The van der Waals surface area contributed by atoms with Crippen molar-refractivity contribution in [3.63, 3.8) is 0 Å². The molecule has 2 amide bonds. The van der Waals surface area contributed by atoms with Crippen LogP contribution < -0.4 is 0 Å². The molecule has 1 aromatic carbocycles. The van der Waals surface area contributed by atoms with Crippen LogP contribution in [0, 0.1) is 5.92 Å². The summed E-state index contributed by atoms with van der Waals surface area (Å²) >= 11 is 12.1. The number of nitrogens with zero attached hydrogens (tertiary/aromatic N) is 2. The summed E-state index contributed by atoms with van der Waals surface area (Å²) in [5, 5.41) is 4.78. The smallest absolute Gasteiger partial charge is 0.274 e. The normalized spacial score (nSPS) is 29.0. The molecule has 4 rings (SSSR count). The lowest BCUT2D eigenvalue weighted by atomic mass is 9.94. The summed E-state index contributed by atoms with van der Waals surface area (Å²) in [5.74, 6) is -1.45. The van der Waals surface area contributed by atoms with E-state index in [-0.39, 0.29) is 24.5 Å². The van der Waals surface area contributed by atoms with Crippen LogP contribution in [0.5, 0.6) is 0 Å². The molecule has 1 aromatic rings. The number of halogens is 2. The third-order valence-corrected chi connectivity index (χ3v) is 5.07. The minimum Gasteiger partial charge on any atom is -0.381 e. The number of hydrogen-bond acceptors (Lipinski definition) is 5. The Kier molecular flexibility index (Phi) is 3.98. The summed E-state index contributed by atoms with van der Waals surface area (Å²) < 4.78 is 5.52. The van der Waals surface area contributed by atoms with E-state index in [0.717, 1.165) is 12.8 Å². The Morgan fingerprint density at radius 1 is 1.25 bits per heavy atom. The van der Waals surface area contributed by atoms with Crippen LogP contribution in [0.2, 0.25) is 10.0 Å². The zero-order valence-electron chi connectivity index (χ0n) is 12.6. The molecule has 0 spiro atoms. The number of carbonyl (C=O) groups excluding carboxylic acids is 2. The Labute approximate surface area is 148 Å². The molecule has 6 nitrogen and oxygen atoms in total. The number of fused-ring (bicyclic) bond motifs is 1. The van der Waals surface area contributed by atoms with E-state index < -0.39 is 12.0 Å². The summed E-state index contributed by atoms with van der Waals surface area (Å²) in [6.45, 7) is 0.924. The largest absolute Gasteiger partial charge is 0.381 e. The molecule has 0 N–H and O–H groups in total. The second-order valence-electron chi connectivity index (χ2n) is 6.03. The van der Waals surface area contributed by atoms with Gasteiger partial charge in [-0.3, -0.25) is 14.5 Å². The van der Waals surface area contributed by atoms with Gasteiger partial charge in [0.05, 0.1) is 17.7 Å². The zero-order valence-corrected chi connectivity index (χ0v) is 14.1. The van der Waals surface area contributed by atoms with E-state index in [2.05, 4.69) is 5.16 Å². The molecule has 126 valence electrons. The molecule has 3 aliphatic rings. The van der Waals surface area contributed by atoms with Crippen LogP contribution in [0.15, 0.2) is 23.4 Å². The van der Waals surface area contributed by atoms with Gasteiger partial charge < -0.3 is 9.57 Å². The van der Waals surface area contributed by atoms with E-state index in [0.29, 0.717) is 27.9 Å². The van der Waals surface area contributed by atoms with E-state index in [9.17, 15) is 9.59 Å². The summed E-state index contributed by atoms with van der Waals surface area (Å²) in [7, 11) is 0. The summed E-state index contributed by atoms with van der Waals surface area (Å²) in [5.41, 5.74) is 0.920. The van der Waals surface area contributed by atoms with Crippen LogP contribution in [0.4, 0.5) is 0 Å². The molecular weight excluding hydrogens is 355 g/mol. The quantitative estimate of drug-likeness (QED) is 0.767. The lowest BCUT2D eigenvalue weighted by Crippen LogP contribution is -2.39. The van der Waals surface area contributed by atoms with E-state index in [1.807, 2.05) is 0 Å². The minimum absolute atomic E-state index is 0.101. The molecule has 2 saturated heterocycles. The lowest BCUT2D eigenvalue weighted by Gasteiger charge is -2.19. The van der Waals surface area contributed by atoms with Crippen molar-refractivity contribution in [2.24, 2.45) is 11.1 Å². The Balaban J connectivity index is 1.60. The standard InChI is InChI=1S/C16H14Cl2N2O4/c17-8-3-4-10(11(18)6-8)13-12-14(24-19-13)16(22)20(15(12)21)7-9-2-1-5-23-9/h3-4,6,9,12,14H,1-2,5,7H2/t9-,12+,14+/m0/s1. The van der Waals surface area contributed by atoms with E-state index >= 15 is 0 Å². The van der Waals surface area contributed by atoms with Gasteiger partial charge in [0.1, 0.15) is 11.6 Å². The van der Waals surface area contributed by atoms with Crippen molar-refractivity contribution in [1.82, 2.24) is 4.90 Å². The number of ether oxygens (including phenoxy) is 1. The van der Waals surface area contributed by atoms with Crippen LogP contribution in [-0.2, 0) is 19.2 Å². The fourth-order valence-electron chi connectivity index (χ4n) is 3.32. The van der Waals surface area contributed by atoms with Gasteiger partial charge >= 0.3 is 0 Å². The SMILES string of the molecule is O=C1[C@@H]2C(c3ccc(Cl)cc3Cl)=NO[C@H]2C(=O)N1C[C@@H]1CCCO1. The monoisotopic (exact) mass is 368 g/mol. The number of oxime groups is 1. The molecule has 0 unspecified atom stereocenters. The zero-order chi connectivity index (χ0) is 16.8. The van der Waals surface area contributed by atoms with Crippen LogP contribution >= 0.6 is 23.2 Å². The van der Waals surface area contributed by atoms with Crippen molar-refractivity contribution in [2.45, 2.75) is 25.0 Å². The van der Waals surface area contributed by atoms with E-state index in [1.165, 1.54) is 4.90 Å². The second kappa shape index (κ2) is 6.02. The summed E-state index contributed by atoms with van der Waals surface area (Å²) in [4.78, 5) is 31.7. The molecule has 0 radical (unpaired) electrons. The number of benzene rings is 1. The Morgan fingerprint density at radius 3 is 2.79 bits per heavy atom. The maximum Gasteiger partial charge on any atom is 0.274 e. The number of carbonyl (C=O) groups is 2. The molecule has 3 aliphatic heterocycles. The highest BCUT2D eigenvalue weighted by Crippen LogP contribution is 2.35. The van der Waals surface area contributed by atoms with Crippen molar-refractivity contribution in [2.75, 3.05) is 13.2 Å². The molecule has 0 aliphatic carbocycles. The van der Waals surface area contributed by atoms with Crippen molar-refractivity contribution in [3.05, 3.63) is 33.8 Å². The van der Waals surface area contributed by atoms with E-state index in [4.69, 9.17) is 32.8 Å². The van der Waals surface area contributed by atoms with Gasteiger partial charge in [0, 0.05) is 17.2 Å². The number of imide groups is 1. The predicted molar refractivity (Wildman–Crippen MR) is 87.1 cm³/mol. The average Bonchev–Trinajstić information content (AvgIpc) is 3.24. The molecule has 2 fully saturated rings. The minimum atomic E-state index is -0.916. The Morgan fingerprint density at radius 2 is 2.08 bits per heavy atom. The van der Waals surface area contributed by atoms with Gasteiger partial charge in [-0.05, 0) is 25.0 Å². The van der Waals surface area contributed by atoms with Gasteiger partial charge in [-0.25, -0.2) is 0 Å². The first-order chi connectivity index (χ1) is 11.6. The molecule has 0 saturated carbocycles. The molecule has 8 heteroatoms. The van der Waals surface area contributed by atoms with Crippen LogP contribution in [0.1, 0.15) is 18.4 Å². The maximum absolute atomic E-state index is 12.8. The average molecular weight is 369 g/mol. The number of rotatable bonds is 3. The first-order valence-electron chi connectivity index (χ1n) is 7.72. The highest BCUT2D eigenvalue weighted by atomic mass is 35.5. The van der Waals surface area contributed by atoms with Crippen LogP contribution in [-0.4, -0.2) is 47.8 Å². The fraction of sp³-hybridized carbons (Fsp3) is 0.438. The Hall–Kier alpha value is -1.63. The fourth-order valence-corrected chi connectivity index (χ4v) is 3.83. The highest BCUT2D eigenvalue weighted by Gasteiger charge is 2.56. The maximum atomic E-state index is 12.8. The van der Waals surface area contributed by atoms with Gasteiger partial charge in [-0.2, -0.15) is 0 Å². The number of hydrogen-bond donors (Lipinski definition) is 0. The molecule has 24 heavy (non-hydrogen) atoms. The molecular formula is C16H14Cl2N2O4. The van der Waals surface area contributed by atoms with Gasteiger partial charge in [-0.1, -0.05) is 34.4 Å². The van der Waals surface area contributed by atoms with Crippen molar-refractivity contribution in [1.29, 1.82) is 0 Å². The second-order valence-corrected chi connectivity index (χ2v) is 6.87. The van der Waals surface area contributed by atoms with Crippen molar-refractivity contribution < 1.29 is 19.2 Å². The topological polar surface area (TPSA) is 68.2 Å². The molecule has 3 atom stereocenters. The summed E-state index contributed by atoms with van der Waals surface area (Å²) in [6.07, 6.45) is 0.769. The van der Waals surface area contributed by atoms with Crippen molar-refractivity contribution >= 4 is 40.7 Å². The number of likely N-dealkylation sites (tertiary alicyclic amines) is 1. The summed E-state index contributed by atoms with van der Waals surface area (Å²) in [6, 6.07) is 4.90. The molecule has 0 bridgehead atoms. The van der Waals surface area contributed by atoms with Gasteiger partial charge in [0.25, 0.3) is 5.91 Å². The lowest BCUT2D eigenvalue weighted by molar-refractivity contribution is -0.143. The van der Waals surface area contributed by atoms with Gasteiger partial charge in [0.15, 0.2) is 0 Å². The predicted octanol–water partition coefficient (Wildman–Crippen LogP) is 2.26. The number of amides is 2. The van der Waals surface area contributed by atoms with E-state index in [1.54, 1.807) is 18.2 Å². The van der Waals surface area contributed by atoms with Crippen LogP contribution in [0.25, 0.3) is 0 Å². The van der Waals surface area contributed by atoms with Gasteiger partial charge in [0.2, 0.25) is 12.0 Å². The third kappa shape index (κ3) is 2.49. The molecule has 0 aromatic heterocycles. The van der Waals surface area contributed by atoms with Crippen molar-refractivity contribution in [3.8, 4) is 0 Å².